The van der Waals surface area contributed by atoms with Crippen molar-refractivity contribution in [3.63, 3.8) is 0 Å². The van der Waals surface area contributed by atoms with E-state index >= 15 is 0 Å². The smallest absolute Gasteiger partial charge is 0.316 e. The minimum Gasteiger partial charge on any atom is -0.426 e. The van der Waals surface area contributed by atoms with E-state index in [1.165, 1.54) is 36.4 Å². The molecule has 3 aromatic rings. The van der Waals surface area contributed by atoms with Gasteiger partial charge in [-0.3, -0.25) is 29.3 Å². The monoisotopic (exact) mass is 499 g/mol. The first-order chi connectivity index (χ1) is 17.8. The van der Waals surface area contributed by atoms with Gasteiger partial charge in [0.1, 0.15) is 11.3 Å². The van der Waals surface area contributed by atoms with Gasteiger partial charge < -0.3 is 9.64 Å². The summed E-state index contributed by atoms with van der Waals surface area (Å²) in [5, 5.41) is 11.4. The van der Waals surface area contributed by atoms with Crippen LogP contribution in [-0.4, -0.2) is 40.1 Å². The van der Waals surface area contributed by atoms with Crippen molar-refractivity contribution in [1.82, 2.24) is 4.90 Å². The molecule has 2 aliphatic heterocycles. The molecule has 5 rings (SSSR count). The number of likely N-dealkylation sites (tertiary alicyclic amines) is 1. The molecule has 0 bridgehead atoms. The minimum atomic E-state index is -0.831. The molecule has 37 heavy (non-hydrogen) atoms. The maximum absolute atomic E-state index is 13.0. The van der Waals surface area contributed by atoms with E-state index in [9.17, 15) is 29.3 Å². The van der Waals surface area contributed by atoms with Gasteiger partial charge in [-0.05, 0) is 30.7 Å². The Morgan fingerprint density at radius 3 is 2.46 bits per heavy atom. The number of anilines is 1. The van der Waals surface area contributed by atoms with Gasteiger partial charge in [0.2, 0.25) is 5.91 Å². The lowest BCUT2D eigenvalue weighted by molar-refractivity contribution is -0.385. The van der Waals surface area contributed by atoms with E-state index in [1.807, 2.05) is 37.3 Å². The predicted molar refractivity (Wildman–Crippen MR) is 131 cm³/mol. The molecule has 0 spiro atoms. The summed E-state index contributed by atoms with van der Waals surface area (Å²) in [6, 6.07) is 19.0. The van der Waals surface area contributed by atoms with E-state index in [0.29, 0.717) is 0 Å². The van der Waals surface area contributed by atoms with Crippen LogP contribution in [0.4, 0.5) is 11.4 Å². The lowest BCUT2D eigenvalue weighted by atomic mass is 10.1. The fraction of sp³-hybridized carbons (Fsp3) is 0.185. The molecular weight excluding hydrogens is 478 g/mol. The van der Waals surface area contributed by atoms with Crippen LogP contribution in [0.3, 0.4) is 0 Å². The molecule has 3 amide bonds. The number of imide groups is 1. The van der Waals surface area contributed by atoms with Crippen LogP contribution in [0.15, 0.2) is 72.8 Å². The standard InChI is InChI=1S/C27H21N3O7/c1-16(17-7-3-2-4-8-17)28-15-18(13-23(28)31)27(34)37-20-10-5-9-19(14-20)29-25(32)21-11-6-12-22(30(35)36)24(21)26(29)33/h2-12,14,16,18H,13,15H2,1H3/t16-,18+/m1/s1. The first kappa shape index (κ1) is 23.9. The highest BCUT2D eigenvalue weighted by Gasteiger charge is 2.42. The molecule has 0 aliphatic carbocycles. The third-order valence-corrected chi connectivity index (χ3v) is 6.63. The number of fused-ring (bicyclic) bond motifs is 1. The first-order valence-corrected chi connectivity index (χ1v) is 11.6. The minimum absolute atomic E-state index is 0.0117. The molecule has 2 aliphatic rings. The number of nitro groups is 1. The molecule has 0 radical (unpaired) electrons. The SMILES string of the molecule is C[C@H](c1ccccc1)N1C[C@@H](C(=O)Oc2cccc(N3C(=O)c4cccc([N+](=O)[O-])c4C3=O)c2)CC1=O. The van der Waals surface area contributed by atoms with Crippen molar-refractivity contribution in [2.45, 2.75) is 19.4 Å². The van der Waals surface area contributed by atoms with Crippen LogP contribution < -0.4 is 9.64 Å². The summed E-state index contributed by atoms with van der Waals surface area (Å²) in [6.07, 6.45) is 0.0117. The molecule has 186 valence electrons. The van der Waals surface area contributed by atoms with Crippen LogP contribution >= 0.6 is 0 Å². The number of carbonyl (C=O) groups is 4. The second-order valence-electron chi connectivity index (χ2n) is 8.85. The van der Waals surface area contributed by atoms with Crippen LogP contribution in [-0.2, 0) is 9.59 Å². The van der Waals surface area contributed by atoms with E-state index in [1.54, 1.807) is 4.90 Å². The molecule has 0 saturated carbocycles. The third-order valence-electron chi connectivity index (χ3n) is 6.63. The maximum Gasteiger partial charge on any atom is 0.316 e. The number of carbonyl (C=O) groups excluding carboxylic acids is 4. The molecular formula is C27H21N3O7. The van der Waals surface area contributed by atoms with Gasteiger partial charge in [-0.15, -0.1) is 0 Å². The average Bonchev–Trinajstić information content (AvgIpc) is 3.41. The molecule has 0 aromatic heterocycles. The molecule has 0 N–H and O–H groups in total. The van der Waals surface area contributed by atoms with Crippen LogP contribution in [0.5, 0.6) is 5.75 Å². The molecule has 2 atom stereocenters. The second kappa shape index (κ2) is 9.30. The Kier molecular flexibility index (Phi) is 6.00. The zero-order chi connectivity index (χ0) is 26.3. The zero-order valence-corrected chi connectivity index (χ0v) is 19.7. The summed E-state index contributed by atoms with van der Waals surface area (Å²) >= 11 is 0. The summed E-state index contributed by atoms with van der Waals surface area (Å²) in [6.45, 7) is 2.10. The number of hydrogen-bond donors (Lipinski definition) is 0. The van der Waals surface area contributed by atoms with Gasteiger partial charge in [-0.1, -0.05) is 42.5 Å². The second-order valence-corrected chi connectivity index (χ2v) is 8.85. The van der Waals surface area contributed by atoms with Gasteiger partial charge in [0, 0.05) is 25.1 Å². The van der Waals surface area contributed by atoms with Crippen molar-refractivity contribution < 1.29 is 28.8 Å². The highest BCUT2D eigenvalue weighted by atomic mass is 16.6. The Morgan fingerprint density at radius 2 is 1.73 bits per heavy atom. The summed E-state index contributed by atoms with van der Waals surface area (Å²) in [7, 11) is 0. The molecule has 1 saturated heterocycles. The van der Waals surface area contributed by atoms with Crippen molar-refractivity contribution in [1.29, 1.82) is 0 Å². The number of esters is 1. The van der Waals surface area contributed by atoms with Gasteiger partial charge in [0.25, 0.3) is 17.5 Å². The lowest BCUT2D eigenvalue weighted by Crippen LogP contribution is -2.30. The van der Waals surface area contributed by atoms with Crippen LogP contribution in [0, 0.1) is 16.0 Å². The predicted octanol–water partition coefficient (Wildman–Crippen LogP) is 3.91. The molecule has 2 heterocycles. The quantitative estimate of drug-likeness (QED) is 0.165. The van der Waals surface area contributed by atoms with Crippen molar-refractivity contribution in [3.05, 3.63) is 99.6 Å². The molecule has 10 nitrogen and oxygen atoms in total. The number of nitro benzene ring substituents is 1. The Balaban J connectivity index is 1.32. The Labute approximate surface area is 211 Å². The Morgan fingerprint density at radius 1 is 1.00 bits per heavy atom. The van der Waals surface area contributed by atoms with E-state index in [4.69, 9.17) is 4.74 Å². The number of rotatable bonds is 6. The van der Waals surface area contributed by atoms with E-state index in [2.05, 4.69) is 0 Å². The fourth-order valence-corrected chi connectivity index (χ4v) is 4.72. The highest BCUT2D eigenvalue weighted by Crippen LogP contribution is 2.35. The lowest BCUT2D eigenvalue weighted by Gasteiger charge is -2.25. The van der Waals surface area contributed by atoms with E-state index in [0.717, 1.165) is 16.5 Å². The van der Waals surface area contributed by atoms with Gasteiger partial charge >= 0.3 is 5.97 Å². The molecule has 0 unspecified atom stereocenters. The average molecular weight is 499 g/mol. The zero-order valence-electron chi connectivity index (χ0n) is 19.7. The molecule has 3 aromatic carbocycles. The number of ether oxygens (including phenoxy) is 1. The first-order valence-electron chi connectivity index (χ1n) is 11.6. The van der Waals surface area contributed by atoms with Crippen molar-refractivity contribution in [2.24, 2.45) is 5.92 Å². The highest BCUT2D eigenvalue weighted by molar-refractivity contribution is 6.35. The van der Waals surface area contributed by atoms with Crippen LogP contribution in [0.25, 0.3) is 0 Å². The van der Waals surface area contributed by atoms with Gasteiger partial charge in [-0.2, -0.15) is 0 Å². The van der Waals surface area contributed by atoms with Crippen molar-refractivity contribution >= 4 is 35.1 Å². The maximum atomic E-state index is 13.0. The van der Waals surface area contributed by atoms with Crippen molar-refractivity contribution in [3.8, 4) is 5.75 Å². The summed E-state index contributed by atoms with van der Waals surface area (Å²) in [5.41, 5.74) is 0.253. The third kappa shape index (κ3) is 4.22. The Hall–Kier alpha value is -4.86. The van der Waals surface area contributed by atoms with Gasteiger partial charge in [0.05, 0.1) is 28.1 Å². The summed E-state index contributed by atoms with van der Waals surface area (Å²) in [4.78, 5) is 64.5. The molecule has 10 heteroatoms. The van der Waals surface area contributed by atoms with E-state index < -0.39 is 34.3 Å². The summed E-state index contributed by atoms with van der Waals surface area (Å²) < 4.78 is 5.51. The summed E-state index contributed by atoms with van der Waals surface area (Å²) in [5.74, 6) is -2.90. The number of benzene rings is 3. The van der Waals surface area contributed by atoms with Gasteiger partial charge in [-0.25, -0.2) is 4.90 Å². The number of hydrogen-bond acceptors (Lipinski definition) is 7. The van der Waals surface area contributed by atoms with Crippen LogP contribution in [0.1, 0.15) is 45.7 Å². The normalized spacial score (nSPS) is 17.6. The topological polar surface area (TPSA) is 127 Å². The van der Waals surface area contributed by atoms with Crippen LogP contribution in [0.2, 0.25) is 0 Å². The Bertz CT molecular complexity index is 1450. The van der Waals surface area contributed by atoms with E-state index in [-0.39, 0.29) is 47.5 Å². The van der Waals surface area contributed by atoms with Gasteiger partial charge in [0.15, 0.2) is 0 Å². The largest absolute Gasteiger partial charge is 0.426 e. The fourth-order valence-electron chi connectivity index (χ4n) is 4.72. The van der Waals surface area contributed by atoms with Crippen molar-refractivity contribution in [2.75, 3.05) is 11.4 Å². The molecule has 1 fully saturated rings. The number of nitrogens with zero attached hydrogens (tertiary/aromatic N) is 3. The number of amides is 3.